The van der Waals surface area contributed by atoms with Crippen molar-refractivity contribution in [3.8, 4) is 44.7 Å². The largest absolute Gasteiger partial charge is 0.454 e. The highest BCUT2D eigenvalue weighted by atomic mass is 35.5. The lowest BCUT2D eigenvalue weighted by atomic mass is 10.1. The van der Waals surface area contributed by atoms with Gasteiger partial charge in [-0.05, 0) is 36.4 Å². The lowest BCUT2D eigenvalue weighted by Crippen LogP contribution is -1.92. The number of hydrogen-bond acceptors (Lipinski definition) is 6. The standard InChI is InChI=1S/C28H16ClN5OS/c29-21-12-6-4-11-19(21)24-14-15-25(35-24)23-16-20(18-10-5-7-13-22(18)30-23)27-33-34-26(31-32-28(34)36-27)17-8-2-1-3-9-17/h1-16H. The molecule has 4 aromatic heterocycles. The Morgan fingerprint density at radius 2 is 1.53 bits per heavy atom. The van der Waals surface area contributed by atoms with Gasteiger partial charge in [0.05, 0.1) is 10.5 Å². The van der Waals surface area contributed by atoms with Gasteiger partial charge in [0, 0.05) is 22.1 Å². The monoisotopic (exact) mass is 505 g/mol. The van der Waals surface area contributed by atoms with E-state index in [4.69, 9.17) is 26.1 Å². The Balaban J connectivity index is 1.38. The van der Waals surface area contributed by atoms with Crippen LogP contribution in [-0.4, -0.2) is 24.8 Å². The lowest BCUT2D eigenvalue weighted by molar-refractivity contribution is 0.595. The molecule has 0 fully saturated rings. The normalized spacial score (nSPS) is 11.5. The number of nitrogens with zero attached hydrogens (tertiary/aromatic N) is 5. The molecule has 0 N–H and O–H groups in total. The van der Waals surface area contributed by atoms with Crippen LogP contribution >= 0.6 is 22.9 Å². The molecule has 0 bridgehead atoms. The van der Waals surface area contributed by atoms with Gasteiger partial charge in [-0.2, -0.15) is 9.61 Å². The van der Waals surface area contributed by atoms with E-state index in [1.165, 1.54) is 11.3 Å². The second-order valence-electron chi connectivity index (χ2n) is 8.21. The molecule has 0 aliphatic heterocycles. The van der Waals surface area contributed by atoms with Crippen LogP contribution in [0.3, 0.4) is 0 Å². The summed E-state index contributed by atoms with van der Waals surface area (Å²) in [6.45, 7) is 0. The molecule has 4 heterocycles. The van der Waals surface area contributed by atoms with Crippen molar-refractivity contribution in [2.45, 2.75) is 0 Å². The molecule has 7 rings (SSSR count). The highest BCUT2D eigenvalue weighted by Gasteiger charge is 2.19. The van der Waals surface area contributed by atoms with Crippen molar-refractivity contribution in [1.82, 2.24) is 24.8 Å². The number of aromatic nitrogens is 5. The predicted octanol–water partition coefficient (Wildman–Crippen LogP) is 7.65. The Kier molecular flexibility index (Phi) is 4.90. The van der Waals surface area contributed by atoms with Crippen molar-refractivity contribution in [2.24, 2.45) is 0 Å². The Morgan fingerprint density at radius 3 is 2.42 bits per heavy atom. The maximum Gasteiger partial charge on any atom is 0.235 e. The van der Waals surface area contributed by atoms with E-state index in [0.717, 1.165) is 43.3 Å². The summed E-state index contributed by atoms with van der Waals surface area (Å²) < 4.78 is 8.00. The maximum absolute atomic E-state index is 6.39. The number of fused-ring (bicyclic) bond motifs is 2. The quantitative estimate of drug-likeness (QED) is 0.246. The van der Waals surface area contributed by atoms with E-state index in [2.05, 4.69) is 16.3 Å². The molecule has 0 atom stereocenters. The second kappa shape index (κ2) is 8.41. The molecule has 0 aliphatic rings. The van der Waals surface area contributed by atoms with Gasteiger partial charge in [-0.3, -0.25) is 0 Å². The van der Waals surface area contributed by atoms with Gasteiger partial charge >= 0.3 is 0 Å². The Morgan fingerprint density at radius 1 is 0.750 bits per heavy atom. The fourth-order valence-corrected chi connectivity index (χ4v) is 5.35. The lowest BCUT2D eigenvalue weighted by Gasteiger charge is -2.06. The molecule has 36 heavy (non-hydrogen) atoms. The molecule has 6 nitrogen and oxygen atoms in total. The van der Waals surface area contributed by atoms with E-state index in [0.29, 0.717) is 22.4 Å². The number of furan rings is 1. The second-order valence-corrected chi connectivity index (χ2v) is 9.57. The molecule has 172 valence electrons. The van der Waals surface area contributed by atoms with Gasteiger partial charge in [0.1, 0.15) is 16.5 Å². The first-order valence-corrected chi connectivity index (χ1v) is 12.5. The molecule has 8 heteroatoms. The zero-order valence-electron chi connectivity index (χ0n) is 18.7. The van der Waals surface area contributed by atoms with Crippen LogP contribution in [0, 0.1) is 0 Å². The third-order valence-corrected chi connectivity index (χ3v) is 7.23. The number of halogens is 1. The smallest absolute Gasteiger partial charge is 0.235 e. The molecule has 0 aliphatic carbocycles. The first kappa shape index (κ1) is 21.0. The number of hydrogen-bond donors (Lipinski definition) is 0. The topological polar surface area (TPSA) is 69.1 Å². The van der Waals surface area contributed by atoms with Crippen LogP contribution in [0.5, 0.6) is 0 Å². The Bertz CT molecular complexity index is 1870. The zero-order chi connectivity index (χ0) is 24.1. The van der Waals surface area contributed by atoms with Crippen LogP contribution in [0.4, 0.5) is 0 Å². The van der Waals surface area contributed by atoms with Crippen molar-refractivity contribution in [1.29, 1.82) is 0 Å². The minimum atomic E-state index is 0.638. The SMILES string of the molecule is Clc1ccccc1-c1ccc(-c2cc(-c3nn4c(-c5ccccc5)nnc4s3)c3ccccc3n2)o1. The average molecular weight is 506 g/mol. The van der Waals surface area contributed by atoms with Crippen LogP contribution in [0.2, 0.25) is 5.02 Å². The van der Waals surface area contributed by atoms with Crippen LogP contribution in [0.15, 0.2) is 101 Å². The predicted molar refractivity (Wildman–Crippen MR) is 143 cm³/mol. The van der Waals surface area contributed by atoms with Gasteiger partial charge in [-0.25, -0.2) is 4.98 Å². The van der Waals surface area contributed by atoms with Crippen LogP contribution < -0.4 is 0 Å². The van der Waals surface area contributed by atoms with Crippen molar-refractivity contribution in [3.63, 3.8) is 0 Å². The summed E-state index contributed by atoms with van der Waals surface area (Å²) in [6.07, 6.45) is 0. The minimum Gasteiger partial charge on any atom is -0.454 e. The van der Waals surface area contributed by atoms with Gasteiger partial charge in [0.2, 0.25) is 4.96 Å². The van der Waals surface area contributed by atoms with Crippen molar-refractivity contribution >= 4 is 38.8 Å². The Hall–Kier alpha value is -4.33. The summed E-state index contributed by atoms with van der Waals surface area (Å²) in [5.41, 5.74) is 4.34. The van der Waals surface area contributed by atoms with E-state index in [-0.39, 0.29) is 0 Å². The molecule has 0 amide bonds. The van der Waals surface area contributed by atoms with E-state index in [9.17, 15) is 0 Å². The third kappa shape index (κ3) is 3.48. The third-order valence-electron chi connectivity index (χ3n) is 5.97. The first-order valence-electron chi connectivity index (χ1n) is 11.3. The number of para-hydroxylation sites is 1. The summed E-state index contributed by atoms with van der Waals surface area (Å²) in [7, 11) is 0. The summed E-state index contributed by atoms with van der Waals surface area (Å²) in [4.78, 5) is 5.61. The highest BCUT2D eigenvalue weighted by Crippen LogP contribution is 2.37. The molecule has 0 unspecified atom stereocenters. The molecule has 3 aromatic carbocycles. The van der Waals surface area contributed by atoms with Crippen molar-refractivity contribution in [3.05, 3.63) is 102 Å². The fourth-order valence-electron chi connectivity index (χ4n) is 4.25. The maximum atomic E-state index is 6.39. The summed E-state index contributed by atoms with van der Waals surface area (Å²) >= 11 is 7.88. The van der Waals surface area contributed by atoms with Crippen LogP contribution in [0.1, 0.15) is 0 Å². The molecule has 0 saturated carbocycles. The summed E-state index contributed by atoms with van der Waals surface area (Å²) in [5, 5.41) is 16.1. The molecular weight excluding hydrogens is 490 g/mol. The van der Waals surface area contributed by atoms with Crippen LogP contribution in [-0.2, 0) is 0 Å². The number of benzene rings is 3. The molecule has 0 radical (unpaired) electrons. The van der Waals surface area contributed by atoms with E-state index in [1.54, 1.807) is 4.52 Å². The molecular formula is C28H16ClN5OS. The van der Waals surface area contributed by atoms with Gasteiger partial charge in [0.25, 0.3) is 0 Å². The zero-order valence-corrected chi connectivity index (χ0v) is 20.2. The molecule has 0 saturated heterocycles. The van der Waals surface area contributed by atoms with E-state index >= 15 is 0 Å². The van der Waals surface area contributed by atoms with Crippen LogP contribution in [0.25, 0.3) is 60.6 Å². The summed E-state index contributed by atoms with van der Waals surface area (Å²) in [5.74, 6) is 2.06. The van der Waals surface area contributed by atoms with Crippen molar-refractivity contribution < 1.29 is 4.42 Å². The summed E-state index contributed by atoms with van der Waals surface area (Å²) in [6, 6.07) is 31.5. The van der Waals surface area contributed by atoms with E-state index in [1.807, 2.05) is 91.0 Å². The average Bonchev–Trinajstić information content (AvgIpc) is 3.65. The minimum absolute atomic E-state index is 0.638. The van der Waals surface area contributed by atoms with Crippen molar-refractivity contribution in [2.75, 3.05) is 0 Å². The van der Waals surface area contributed by atoms with Gasteiger partial charge in [-0.1, -0.05) is 83.6 Å². The van der Waals surface area contributed by atoms with Gasteiger partial charge in [-0.15, -0.1) is 10.2 Å². The number of rotatable bonds is 4. The number of pyridine rings is 1. The first-order chi connectivity index (χ1) is 17.7. The molecule has 7 aromatic rings. The van der Waals surface area contributed by atoms with E-state index < -0.39 is 0 Å². The Labute approximate surface area is 214 Å². The van der Waals surface area contributed by atoms with Gasteiger partial charge < -0.3 is 4.42 Å². The fraction of sp³-hybridized carbons (Fsp3) is 0. The molecule has 0 spiro atoms. The highest BCUT2D eigenvalue weighted by molar-refractivity contribution is 7.20. The van der Waals surface area contributed by atoms with Gasteiger partial charge in [0.15, 0.2) is 11.6 Å².